The van der Waals surface area contributed by atoms with E-state index in [4.69, 9.17) is 59.8 Å². The molecule has 1 saturated heterocycles. The van der Waals surface area contributed by atoms with E-state index in [1.54, 1.807) is 0 Å². The first kappa shape index (κ1) is 66.0. The smallest absolute Gasteiger partial charge is 0.380 e. The van der Waals surface area contributed by atoms with E-state index >= 15 is 0 Å². The maximum Gasteiger partial charge on any atom is 0.493 e. The number of nitrogens with zero attached hydrogens (tertiary/aromatic N) is 24. The summed E-state index contributed by atoms with van der Waals surface area (Å²) in [5, 5.41) is 12.5. The molecule has 570 valence electrons. The number of pyridine rings is 3. The first-order chi connectivity index (χ1) is 61.1. The number of para-hydroxylation sites is 12. The molecule has 24 aromatic rings. The lowest BCUT2D eigenvalue weighted by Gasteiger charge is -2.50. The van der Waals surface area contributed by atoms with Crippen LogP contribution in [0.5, 0.6) is 0 Å². The molecule has 12 aromatic heterocycles. The maximum atomic E-state index is 5.94. The normalized spacial score (nSPS) is 13.7. The fraction of sp³-hybridized carbons (Fsp3) is 0. The Balaban J connectivity index is 0.755. The van der Waals surface area contributed by atoms with Crippen LogP contribution in [0.15, 0.2) is 346 Å². The van der Waals surface area contributed by atoms with Crippen LogP contribution in [0, 0.1) is 0 Å². The molecule has 27 heteroatoms. The number of rotatable bonds is 9. The van der Waals surface area contributed by atoms with Crippen LogP contribution in [0.2, 0.25) is 0 Å². The Labute approximate surface area is 698 Å². The molecule has 4 aliphatic rings. The molecule has 0 N–H and O–H groups in total. The molecule has 12 aromatic carbocycles. The van der Waals surface area contributed by atoms with E-state index in [9.17, 15) is 0 Å². The van der Waals surface area contributed by atoms with Crippen molar-refractivity contribution in [1.29, 1.82) is 0 Å². The summed E-state index contributed by atoms with van der Waals surface area (Å²) in [7, 11) is -3.01. The minimum atomic E-state index is -1.00. The van der Waals surface area contributed by atoms with Crippen LogP contribution < -0.4 is 28.6 Å². The second-order valence-electron chi connectivity index (χ2n) is 31.3. The molecule has 0 aliphatic carbocycles. The molecule has 16 heterocycles. The van der Waals surface area contributed by atoms with E-state index in [1.807, 2.05) is 36.8 Å². The fourth-order valence-electron chi connectivity index (χ4n) is 20.3. The zero-order valence-corrected chi connectivity index (χ0v) is 64.9. The van der Waals surface area contributed by atoms with Gasteiger partial charge in [-0.25, -0.2) is 15.0 Å². The van der Waals surface area contributed by atoms with Crippen molar-refractivity contribution in [3.63, 3.8) is 0 Å². The largest absolute Gasteiger partial charge is 0.493 e. The van der Waals surface area contributed by atoms with Crippen molar-refractivity contribution in [2.24, 2.45) is 0 Å². The number of anilines is 9. The van der Waals surface area contributed by atoms with Crippen molar-refractivity contribution in [1.82, 2.24) is 87.2 Å². The molecule has 4 aliphatic heterocycles. The van der Waals surface area contributed by atoms with Gasteiger partial charge in [0.1, 0.15) is 17.5 Å². The molecule has 0 saturated carbocycles. The van der Waals surface area contributed by atoms with Crippen molar-refractivity contribution in [2.75, 3.05) is 28.6 Å². The van der Waals surface area contributed by atoms with Gasteiger partial charge in [0.05, 0.1) is 83.3 Å². The zero-order valence-electron chi connectivity index (χ0n) is 64.9. The molecule has 28 rings (SSSR count). The monoisotopic (exact) mass is 1580 g/mol. The molecule has 123 heavy (non-hydrogen) atoms. The molecule has 0 amide bonds. The van der Waals surface area contributed by atoms with Gasteiger partial charge in [-0.3, -0.25) is 41.8 Å². The predicted octanol–water partition coefficient (Wildman–Crippen LogP) is 19.3. The maximum absolute atomic E-state index is 5.94. The summed E-state index contributed by atoms with van der Waals surface area (Å²) in [6.45, 7) is 0. The third kappa shape index (κ3) is 8.97. The van der Waals surface area contributed by atoms with Crippen molar-refractivity contribution in [3.8, 4) is 35.7 Å². The second kappa shape index (κ2) is 24.8. The van der Waals surface area contributed by atoms with Crippen molar-refractivity contribution in [2.45, 2.75) is 0 Å². The zero-order chi connectivity index (χ0) is 80.0. The topological polar surface area (TPSA) is 204 Å². The number of aromatic nitrogens is 18. The Morgan fingerprint density at radius 3 is 0.463 bits per heavy atom. The van der Waals surface area contributed by atoms with E-state index in [0.29, 0.717) is 53.1 Å². The quantitative estimate of drug-likeness (QED) is 0.123. The van der Waals surface area contributed by atoms with Crippen molar-refractivity contribution in [3.05, 3.63) is 346 Å². The minimum absolute atomic E-state index is 0.285. The first-order valence-corrected chi connectivity index (χ1v) is 40.9. The standard InChI is InChI=1S/C96H57B3N24/c1-13-40-70-58(28-1)59-29-2-14-41-71(59)112(70)88-103-89(113-72-42-15-3-30-60(72)61-31-4-16-43-73(61)113)107-94(106-88)118-85-82(52-25-55-100-85)121-97(118)122-83-53-26-56-101-86(83)119(95-108-90(114-74-44-17-5-32-62(74)63-33-6-18-45-75(63)114)104-91(109-95)115-76-46-19-7-34-64(76)65-35-8-20-47-77(65)115)99(122)123-84-54-27-57-102-87(84)120(98(121)123)96-110-92(116-78-48-21-9-36-66(78)67-37-10-22-49-79(67)116)105-93(111-96)117-80-50-23-11-38-68(80)69-39-12-24-51-81(69)117/h1-57H. The van der Waals surface area contributed by atoms with Gasteiger partial charge in [0.25, 0.3) is 0 Å². The molecule has 24 nitrogen and oxygen atoms in total. The highest BCUT2D eigenvalue weighted by Gasteiger charge is 2.72. The van der Waals surface area contributed by atoms with Gasteiger partial charge in [0.2, 0.25) is 53.5 Å². The number of hydrogen-bond acceptors (Lipinski definition) is 18. The van der Waals surface area contributed by atoms with Crippen molar-refractivity contribution >= 4 is 205 Å². The highest BCUT2D eigenvalue weighted by molar-refractivity contribution is 7.11. The van der Waals surface area contributed by atoms with Crippen LogP contribution >= 0.6 is 0 Å². The SMILES string of the molecule is c1cnc2c(c1)N1B(N3B(N4B1N(c1nc(-n5c6ccccc6c6ccccc65)nc(-n5c6ccccc6c6ccccc65)n1)c1ncccc14)N(c1nc(-n4c5ccccc5c5ccccc54)nc(-n4c5ccccc5c5ccccc54)n1)c1ncccc13)N2c1nc(-n2c3ccccc3c3ccccc32)nc(-n2c3ccccc3c3ccccc32)n1. The lowest BCUT2D eigenvalue weighted by Crippen LogP contribution is -2.84. The van der Waals surface area contributed by atoms with Crippen LogP contribution in [0.4, 0.5) is 52.4 Å². The summed E-state index contributed by atoms with van der Waals surface area (Å²) in [6.07, 6.45) is 5.53. The Hall–Kier alpha value is -17.1. The number of fused-ring (bicyclic) bond motifs is 30. The van der Waals surface area contributed by atoms with Crippen LogP contribution in [0.1, 0.15) is 0 Å². The average molecular weight is 1580 g/mol. The summed E-state index contributed by atoms with van der Waals surface area (Å²) in [5.41, 5.74) is 13.1. The van der Waals surface area contributed by atoms with Gasteiger partial charge < -0.3 is 14.2 Å². The first-order valence-electron chi connectivity index (χ1n) is 40.9. The Morgan fingerprint density at radius 1 is 0.154 bits per heavy atom. The van der Waals surface area contributed by atoms with Crippen LogP contribution in [-0.2, 0) is 0 Å². The number of hydrogen-bond donors (Lipinski definition) is 0. The van der Waals surface area contributed by atoms with E-state index in [0.717, 1.165) is 148 Å². The third-order valence-electron chi connectivity index (χ3n) is 25.1. The number of benzene rings is 12. The van der Waals surface area contributed by atoms with E-state index in [-0.39, 0.29) is 17.8 Å². The van der Waals surface area contributed by atoms with Crippen LogP contribution in [-0.4, -0.2) is 109 Å². The van der Waals surface area contributed by atoms with Crippen LogP contribution in [0.25, 0.3) is 167 Å². The highest BCUT2D eigenvalue weighted by Crippen LogP contribution is 2.57. The van der Waals surface area contributed by atoms with Gasteiger partial charge in [0.15, 0.2) is 0 Å². The van der Waals surface area contributed by atoms with E-state index < -0.39 is 21.4 Å². The lowest BCUT2D eigenvalue weighted by molar-refractivity contribution is 0.881. The summed E-state index contributed by atoms with van der Waals surface area (Å²) < 4.78 is 20.1. The lowest BCUT2D eigenvalue weighted by atomic mass is 9.56. The molecule has 1 fully saturated rings. The molecule has 0 unspecified atom stereocenters. The molecule has 0 radical (unpaired) electrons. The Bertz CT molecular complexity index is 7190. The molecule has 0 spiro atoms. The molecule has 0 atom stereocenters. The molecule has 0 bridgehead atoms. The molecular formula is C96H57B3N24. The minimum Gasteiger partial charge on any atom is -0.380 e. The van der Waals surface area contributed by atoms with E-state index in [1.165, 1.54) is 0 Å². The summed E-state index contributed by atoms with van der Waals surface area (Å²) in [5.74, 6) is 4.75. The van der Waals surface area contributed by atoms with Gasteiger partial charge in [0, 0.05) is 83.2 Å². The molecular weight excluding hydrogens is 1520 g/mol. The van der Waals surface area contributed by atoms with Gasteiger partial charge in [-0.15, -0.1) is 0 Å². The van der Waals surface area contributed by atoms with Gasteiger partial charge in [-0.1, -0.05) is 218 Å². The second-order valence-corrected chi connectivity index (χ2v) is 31.3. The van der Waals surface area contributed by atoms with Crippen molar-refractivity contribution < 1.29 is 0 Å². The van der Waals surface area contributed by atoms with Gasteiger partial charge in [-0.05, 0) is 109 Å². The average Bonchev–Trinajstić information content (AvgIpc) is 1.50. The Kier molecular flexibility index (Phi) is 13.3. The highest BCUT2D eigenvalue weighted by atomic mass is 15.6. The fourth-order valence-corrected chi connectivity index (χ4v) is 20.3. The predicted molar refractivity (Wildman–Crippen MR) is 489 cm³/mol. The summed E-state index contributed by atoms with van der Waals surface area (Å²) >= 11 is 0. The summed E-state index contributed by atoms with van der Waals surface area (Å²) in [6, 6.07) is 114. The van der Waals surface area contributed by atoms with Gasteiger partial charge >= 0.3 is 21.4 Å². The van der Waals surface area contributed by atoms with E-state index in [2.05, 4.69) is 365 Å². The summed E-state index contributed by atoms with van der Waals surface area (Å²) in [4.78, 5) is 76.2. The Morgan fingerprint density at radius 2 is 0.301 bits per heavy atom. The van der Waals surface area contributed by atoms with Crippen LogP contribution in [0.3, 0.4) is 0 Å². The van der Waals surface area contributed by atoms with Gasteiger partial charge in [-0.2, -0.15) is 44.9 Å². The third-order valence-corrected chi connectivity index (χ3v) is 25.1.